The first-order chi connectivity index (χ1) is 10.9. The number of non-ortho nitro benzene ring substituents is 1. The Hall–Kier alpha value is -2.46. The van der Waals surface area contributed by atoms with E-state index in [1.54, 1.807) is 19.1 Å². The van der Waals surface area contributed by atoms with Gasteiger partial charge in [0.25, 0.3) is 5.69 Å². The van der Waals surface area contributed by atoms with Gasteiger partial charge in [0.05, 0.1) is 22.5 Å². The lowest BCUT2D eigenvalue weighted by atomic mass is 9.75. The van der Waals surface area contributed by atoms with E-state index >= 15 is 0 Å². The monoisotopic (exact) mass is 329 g/mol. The zero-order valence-corrected chi connectivity index (χ0v) is 13.8. The van der Waals surface area contributed by atoms with Gasteiger partial charge in [-0.3, -0.25) is 14.9 Å². The molecule has 0 bridgehead atoms. The zero-order valence-electron chi connectivity index (χ0n) is 12.9. The van der Waals surface area contributed by atoms with E-state index in [1.807, 2.05) is 6.26 Å². The molecule has 0 amide bonds. The molecule has 0 saturated carbocycles. The lowest BCUT2D eigenvalue weighted by Crippen LogP contribution is -2.31. The number of nitro benzene ring substituents is 1. The van der Waals surface area contributed by atoms with Gasteiger partial charge >= 0.3 is 0 Å². The summed E-state index contributed by atoms with van der Waals surface area (Å²) in [6, 6.07) is 8.15. The van der Waals surface area contributed by atoms with Crippen molar-refractivity contribution in [3.05, 3.63) is 50.5 Å². The molecule has 1 aliphatic heterocycles. The van der Waals surface area contributed by atoms with Crippen LogP contribution in [0.5, 0.6) is 0 Å². The summed E-state index contributed by atoms with van der Waals surface area (Å²) in [5, 5.41) is 20.9. The number of rotatable bonds is 4. The largest absolute Gasteiger partial charge is 0.299 e. The number of ketones is 1. The number of carbonyl (C=O) groups is 1. The van der Waals surface area contributed by atoms with Crippen LogP contribution in [0.25, 0.3) is 0 Å². The molecule has 118 valence electrons. The van der Waals surface area contributed by atoms with Gasteiger partial charge in [0.15, 0.2) is 0 Å². The summed E-state index contributed by atoms with van der Waals surface area (Å²) < 4.78 is 0. The number of aliphatic imine (C=N–C) groups is 1. The van der Waals surface area contributed by atoms with Crippen molar-refractivity contribution < 1.29 is 9.72 Å². The molecule has 0 N–H and O–H groups in total. The number of nitrogens with zero attached hydrogens (tertiary/aromatic N) is 3. The fraction of sp³-hybridized carbons (Fsp3) is 0.312. The van der Waals surface area contributed by atoms with Gasteiger partial charge in [-0.05, 0) is 25.7 Å². The zero-order chi connectivity index (χ0) is 17.1. The first kappa shape index (κ1) is 16.9. The molecule has 0 fully saturated rings. The Kier molecular flexibility index (Phi) is 4.96. The van der Waals surface area contributed by atoms with Crippen LogP contribution in [0.4, 0.5) is 5.69 Å². The Balaban J connectivity index is 2.60. The summed E-state index contributed by atoms with van der Waals surface area (Å²) in [5.74, 6) is -1.07. The average Bonchev–Trinajstić information content (AvgIpc) is 2.53. The van der Waals surface area contributed by atoms with Gasteiger partial charge in [-0.1, -0.05) is 12.1 Å². The van der Waals surface area contributed by atoms with Gasteiger partial charge < -0.3 is 0 Å². The molecule has 6 nitrogen and oxygen atoms in total. The number of thioether (sulfide) groups is 1. The highest BCUT2D eigenvalue weighted by molar-refractivity contribution is 8.02. The summed E-state index contributed by atoms with van der Waals surface area (Å²) in [7, 11) is 0. The Morgan fingerprint density at radius 1 is 1.39 bits per heavy atom. The van der Waals surface area contributed by atoms with Crippen LogP contribution in [-0.2, 0) is 4.79 Å². The second-order valence-electron chi connectivity index (χ2n) is 5.20. The van der Waals surface area contributed by atoms with Gasteiger partial charge in [0, 0.05) is 23.8 Å². The highest BCUT2D eigenvalue weighted by Crippen LogP contribution is 2.41. The number of hydrogen-bond acceptors (Lipinski definition) is 6. The number of benzene rings is 1. The topological polar surface area (TPSA) is 96.4 Å². The molecule has 1 aliphatic rings. The van der Waals surface area contributed by atoms with Gasteiger partial charge in [-0.25, -0.2) is 4.99 Å². The van der Waals surface area contributed by atoms with E-state index in [2.05, 4.69) is 11.1 Å². The molecule has 2 rings (SSSR count). The number of nitriles is 1. The number of allylic oxidation sites excluding steroid dienone is 1. The van der Waals surface area contributed by atoms with Crippen LogP contribution < -0.4 is 0 Å². The van der Waals surface area contributed by atoms with Crippen LogP contribution in [0.15, 0.2) is 39.9 Å². The minimum Gasteiger partial charge on any atom is -0.299 e. The number of carbonyl (C=O) groups excluding carboxylic acids is 1. The summed E-state index contributed by atoms with van der Waals surface area (Å²) in [6.07, 6.45) is 1.82. The molecule has 1 aromatic rings. The van der Waals surface area contributed by atoms with Gasteiger partial charge in [0.1, 0.15) is 10.8 Å². The molecular weight excluding hydrogens is 314 g/mol. The van der Waals surface area contributed by atoms with E-state index in [4.69, 9.17) is 0 Å². The second-order valence-corrected chi connectivity index (χ2v) is 6.00. The maximum Gasteiger partial charge on any atom is 0.269 e. The number of Topliss-reactive ketones (excluding diaryl/α,β-unsaturated/α-hetero) is 1. The van der Waals surface area contributed by atoms with Crippen LogP contribution in [-0.4, -0.2) is 22.7 Å². The minimum atomic E-state index is -0.526. The third-order valence-corrected chi connectivity index (χ3v) is 4.52. The molecule has 1 unspecified atom stereocenters. The molecule has 0 aromatic heterocycles. The highest BCUT2D eigenvalue weighted by atomic mass is 32.2. The highest BCUT2D eigenvalue weighted by Gasteiger charge is 2.37. The van der Waals surface area contributed by atoms with Crippen LogP contribution in [0.3, 0.4) is 0 Å². The van der Waals surface area contributed by atoms with E-state index in [-0.39, 0.29) is 11.5 Å². The van der Waals surface area contributed by atoms with Crippen molar-refractivity contribution in [2.75, 3.05) is 6.26 Å². The maximum absolute atomic E-state index is 12.1. The van der Waals surface area contributed by atoms with Crippen LogP contribution in [0, 0.1) is 27.4 Å². The molecule has 23 heavy (non-hydrogen) atoms. The van der Waals surface area contributed by atoms with Crippen LogP contribution in [0.2, 0.25) is 0 Å². The molecule has 0 spiro atoms. The fourth-order valence-corrected chi connectivity index (χ4v) is 3.42. The van der Waals surface area contributed by atoms with Crippen LogP contribution in [0.1, 0.15) is 25.3 Å². The summed E-state index contributed by atoms with van der Waals surface area (Å²) in [4.78, 5) is 26.8. The number of nitro groups is 1. The first-order valence-corrected chi connectivity index (χ1v) is 8.11. The predicted octanol–water partition coefficient (Wildman–Crippen LogP) is 3.46. The Morgan fingerprint density at radius 2 is 2.00 bits per heavy atom. The summed E-state index contributed by atoms with van der Waals surface area (Å²) >= 11 is 1.35. The first-order valence-electron chi connectivity index (χ1n) is 6.89. The van der Waals surface area contributed by atoms with Crippen molar-refractivity contribution in [2.45, 2.75) is 19.8 Å². The van der Waals surface area contributed by atoms with Crippen molar-refractivity contribution in [2.24, 2.45) is 10.9 Å². The van der Waals surface area contributed by atoms with Crippen LogP contribution >= 0.6 is 11.8 Å². The van der Waals surface area contributed by atoms with Crippen molar-refractivity contribution in [1.82, 2.24) is 0 Å². The van der Waals surface area contributed by atoms with Gasteiger partial charge in [-0.15, -0.1) is 11.8 Å². The molecule has 7 heteroatoms. The smallest absolute Gasteiger partial charge is 0.269 e. The quantitative estimate of drug-likeness (QED) is 0.622. The van der Waals surface area contributed by atoms with E-state index in [1.165, 1.54) is 30.8 Å². The second kappa shape index (κ2) is 6.75. The third kappa shape index (κ3) is 3.17. The van der Waals surface area contributed by atoms with Crippen molar-refractivity contribution in [3.8, 4) is 6.07 Å². The Labute approximate surface area is 138 Å². The maximum atomic E-state index is 12.1. The normalized spacial score (nSPS) is 20.7. The third-order valence-electron chi connectivity index (χ3n) is 3.82. The minimum absolute atomic E-state index is 0.0260. The van der Waals surface area contributed by atoms with E-state index in [0.29, 0.717) is 21.9 Å². The molecule has 2 atom stereocenters. The lowest BCUT2D eigenvalue weighted by molar-refractivity contribution is -0.384. The molecule has 0 aliphatic carbocycles. The SMILES string of the molecule is CSC1=C(C#N)[C@@H](c2ccc([N+](=O)[O-])cc2)C(C(C)=O)C(C)=N1. The Morgan fingerprint density at radius 3 is 2.43 bits per heavy atom. The molecule has 1 heterocycles. The van der Waals surface area contributed by atoms with E-state index < -0.39 is 16.8 Å². The number of hydrogen-bond donors (Lipinski definition) is 0. The molecule has 0 saturated heterocycles. The molecule has 0 radical (unpaired) electrons. The van der Waals surface area contributed by atoms with Crippen molar-refractivity contribution in [3.63, 3.8) is 0 Å². The van der Waals surface area contributed by atoms with Crippen molar-refractivity contribution in [1.29, 1.82) is 5.26 Å². The van der Waals surface area contributed by atoms with Gasteiger partial charge in [-0.2, -0.15) is 5.26 Å². The predicted molar refractivity (Wildman–Crippen MR) is 89.3 cm³/mol. The van der Waals surface area contributed by atoms with E-state index in [0.717, 1.165) is 0 Å². The lowest BCUT2D eigenvalue weighted by Gasteiger charge is -2.29. The van der Waals surface area contributed by atoms with E-state index in [9.17, 15) is 20.2 Å². The van der Waals surface area contributed by atoms with Crippen molar-refractivity contribution >= 4 is 28.9 Å². The summed E-state index contributed by atoms with van der Waals surface area (Å²) in [6.45, 7) is 3.25. The molecular formula is C16H15N3O3S. The fourth-order valence-electron chi connectivity index (χ4n) is 2.80. The average molecular weight is 329 g/mol. The summed E-state index contributed by atoms with van der Waals surface area (Å²) in [5.41, 5.74) is 1.76. The Bertz CT molecular complexity index is 760. The standard InChI is InChI=1S/C16H15N3O3S/c1-9-14(10(2)20)15(13(8-17)16(18-9)23-3)11-4-6-12(7-5-11)19(21)22/h4-7,14-15H,1-3H3/t14?,15-/m1/s1. The van der Waals surface area contributed by atoms with Gasteiger partial charge in [0.2, 0.25) is 0 Å². The molecule has 1 aromatic carbocycles.